The van der Waals surface area contributed by atoms with E-state index < -0.39 is 0 Å². The maximum absolute atomic E-state index is 13.0. The van der Waals surface area contributed by atoms with Crippen LogP contribution >= 0.6 is 11.8 Å². The van der Waals surface area contributed by atoms with Crippen LogP contribution in [0.15, 0.2) is 64.4 Å². The number of carbonyl (C=O) groups is 1. The van der Waals surface area contributed by atoms with E-state index in [4.69, 9.17) is 0 Å². The summed E-state index contributed by atoms with van der Waals surface area (Å²) in [5.74, 6) is -0.0630. The first kappa shape index (κ1) is 16.8. The van der Waals surface area contributed by atoms with Crippen molar-refractivity contribution in [2.45, 2.75) is 19.9 Å². The highest BCUT2D eigenvalue weighted by molar-refractivity contribution is 8.18. The number of nitrogens with one attached hydrogen (secondary N) is 1. The van der Waals surface area contributed by atoms with E-state index in [9.17, 15) is 4.79 Å². The molecule has 6 heteroatoms. The molecule has 2 aliphatic rings. The number of hydrogen-bond donors (Lipinski definition) is 1. The molecule has 3 heterocycles. The second-order valence-electron chi connectivity index (χ2n) is 6.43. The van der Waals surface area contributed by atoms with Gasteiger partial charge in [0, 0.05) is 24.6 Å². The molecule has 1 amide bonds. The van der Waals surface area contributed by atoms with Gasteiger partial charge in [0.2, 0.25) is 0 Å². The molecule has 26 heavy (non-hydrogen) atoms. The molecule has 0 saturated carbocycles. The minimum Gasteiger partial charge on any atom is -0.341 e. The third-order valence-electron chi connectivity index (χ3n) is 4.66. The van der Waals surface area contributed by atoms with Crippen LogP contribution in [-0.4, -0.2) is 34.0 Å². The Balaban J connectivity index is 1.63. The topological polar surface area (TPSA) is 57.6 Å². The zero-order chi connectivity index (χ0) is 18.1. The van der Waals surface area contributed by atoms with Gasteiger partial charge in [-0.15, -0.1) is 0 Å². The zero-order valence-electron chi connectivity index (χ0n) is 14.8. The summed E-state index contributed by atoms with van der Waals surface area (Å²) >= 11 is 1.46. The summed E-state index contributed by atoms with van der Waals surface area (Å²) in [6.45, 7) is 5.71. The smallest absolute Gasteiger partial charge is 0.260 e. The number of carbonyl (C=O) groups excluding carboxylic acids is 1. The normalized spacial score (nSPS) is 17.2. The van der Waals surface area contributed by atoms with Gasteiger partial charge in [-0.25, -0.2) is 0 Å². The highest BCUT2D eigenvalue weighted by Crippen LogP contribution is 2.36. The van der Waals surface area contributed by atoms with Gasteiger partial charge in [0.25, 0.3) is 5.91 Å². The van der Waals surface area contributed by atoms with E-state index in [1.54, 1.807) is 12.4 Å². The molecule has 5 nitrogen and oxygen atoms in total. The number of benzene rings is 1. The maximum Gasteiger partial charge on any atom is 0.260 e. The number of nitrogens with zero attached hydrogens (tertiary/aromatic N) is 3. The van der Waals surface area contributed by atoms with Crippen molar-refractivity contribution in [3.05, 3.63) is 76.1 Å². The Morgan fingerprint density at radius 1 is 1.12 bits per heavy atom. The Bertz CT molecular complexity index is 890. The Morgan fingerprint density at radius 2 is 1.81 bits per heavy atom. The lowest BCUT2D eigenvalue weighted by Crippen LogP contribution is -2.30. The number of amidine groups is 1. The van der Waals surface area contributed by atoms with Crippen molar-refractivity contribution in [2.75, 3.05) is 13.1 Å². The first-order valence-electron chi connectivity index (χ1n) is 8.61. The van der Waals surface area contributed by atoms with Crippen molar-refractivity contribution < 1.29 is 4.79 Å². The van der Waals surface area contributed by atoms with Crippen molar-refractivity contribution >= 4 is 22.8 Å². The minimum absolute atomic E-state index is 0.0630. The molecule has 0 spiro atoms. The quantitative estimate of drug-likeness (QED) is 0.905. The largest absolute Gasteiger partial charge is 0.341 e. The summed E-state index contributed by atoms with van der Waals surface area (Å²) in [6.07, 6.45) is 3.50. The number of aryl methyl sites for hydroxylation is 1. The Hall–Kier alpha value is -2.60. The summed E-state index contributed by atoms with van der Waals surface area (Å²) in [6, 6.07) is 11.9. The molecule has 132 valence electrons. The molecule has 0 radical (unpaired) electrons. The molecule has 1 aromatic carbocycles. The molecule has 1 N–H and O–H groups in total. The molecular weight excluding hydrogens is 344 g/mol. The SMILES string of the molecule is CC1=C(C(=O)NC(c2ccncc2)c2ccc(C)cc2)SC2=NCCN21. The highest BCUT2D eigenvalue weighted by Gasteiger charge is 2.33. The number of allylic oxidation sites excluding steroid dienone is 1. The number of amides is 1. The zero-order valence-corrected chi connectivity index (χ0v) is 15.6. The van der Waals surface area contributed by atoms with Crippen LogP contribution in [0.25, 0.3) is 0 Å². The average molecular weight is 364 g/mol. The minimum atomic E-state index is -0.218. The first-order valence-corrected chi connectivity index (χ1v) is 9.43. The number of aliphatic imine (C=N–C) groups is 1. The molecule has 4 rings (SSSR count). The molecule has 1 atom stereocenters. The van der Waals surface area contributed by atoms with Gasteiger partial charge in [0.05, 0.1) is 17.5 Å². The van der Waals surface area contributed by atoms with Crippen molar-refractivity contribution in [2.24, 2.45) is 4.99 Å². The van der Waals surface area contributed by atoms with E-state index in [2.05, 4.69) is 51.4 Å². The van der Waals surface area contributed by atoms with E-state index >= 15 is 0 Å². The summed E-state index contributed by atoms with van der Waals surface area (Å²) in [5, 5.41) is 4.14. The van der Waals surface area contributed by atoms with Crippen LogP contribution in [0.5, 0.6) is 0 Å². The van der Waals surface area contributed by atoms with Gasteiger partial charge in [-0.05, 0) is 48.9 Å². The van der Waals surface area contributed by atoms with Gasteiger partial charge in [0.1, 0.15) is 0 Å². The lowest BCUT2D eigenvalue weighted by atomic mass is 9.98. The fourth-order valence-corrected chi connectivity index (χ4v) is 4.28. The molecule has 0 aliphatic carbocycles. The molecule has 1 aromatic heterocycles. The van der Waals surface area contributed by atoms with Gasteiger partial charge >= 0.3 is 0 Å². The van der Waals surface area contributed by atoms with Gasteiger partial charge < -0.3 is 10.2 Å². The number of thioether (sulfide) groups is 1. The van der Waals surface area contributed by atoms with Gasteiger partial charge in [-0.3, -0.25) is 14.8 Å². The molecule has 0 bridgehead atoms. The molecule has 0 fully saturated rings. The van der Waals surface area contributed by atoms with Crippen LogP contribution in [0.2, 0.25) is 0 Å². The predicted molar refractivity (Wildman–Crippen MR) is 105 cm³/mol. The van der Waals surface area contributed by atoms with Gasteiger partial charge in [0.15, 0.2) is 5.17 Å². The van der Waals surface area contributed by atoms with E-state index in [1.807, 2.05) is 19.1 Å². The number of hydrogen-bond acceptors (Lipinski definition) is 5. The van der Waals surface area contributed by atoms with Crippen molar-refractivity contribution in [1.29, 1.82) is 0 Å². The average Bonchev–Trinajstić information content (AvgIpc) is 3.24. The second-order valence-corrected chi connectivity index (χ2v) is 7.41. The van der Waals surface area contributed by atoms with Crippen molar-refractivity contribution in [3.8, 4) is 0 Å². The maximum atomic E-state index is 13.0. The van der Waals surface area contributed by atoms with Crippen molar-refractivity contribution in [3.63, 3.8) is 0 Å². The Morgan fingerprint density at radius 3 is 2.50 bits per heavy atom. The molecule has 2 aromatic rings. The number of pyridine rings is 1. The van der Waals surface area contributed by atoms with E-state index in [0.717, 1.165) is 40.0 Å². The molecular formula is C20H20N4OS. The van der Waals surface area contributed by atoms with E-state index in [-0.39, 0.29) is 11.9 Å². The molecule has 1 unspecified atom stereocenters. The molecule has 2 aliphatic heterocycles. The predicted octanol–water partition coefficient (Wildman–Crippen LogP) is 3.25. The van der Waals surface area contributed by atoms with E-state index in [1.165, 1.54) is 17.3 Å². The summed E-state index contributed by atoms with van der Waals surface area (Å²) < 4.78 is 0. The number of aromatic nitrogens is 1. The Labute approximate surface area is 157 Å². The monoisotopic (exact) mass is 364 g/mol. The fourth-order valence-electron chi connectivity index (χ4n) is 3.19. The standard InChI is InChI=1S/C20H20N4OS/c1-13-3-5-15(6-4-13)17(16-7-9-21-10-8-16)23-19(25)18-14(2)24-12-11-22-20(24)26-18/h3-10,17H,11-12H2,1-2H3,(H,23,25). The Kier molecular flexibility index (Phi) is 4.51. The summed E-state index contributed by atoms with van der Waals surface area (Å²) in [4.78, 5) is 24.4. The number of rotatable bonds is 4. The van der Waals surface area contributed by atoms with E-state index in [0.29, 0.717) is 0 Å². The van der Waals surface area contributed by atoms with Gasteiger partial charge in [-0.1, -0.05) is 29.8 Å². The fraction of sp³-hybridized carbons (Fsp3) is 0.250. The summed E-state index contributed by atoms with van der Waals surface area (Å²) in [5.41, 5.74) is 4.24. The van der Waals surface area contributed by atoms with Crippen LogP contribution in [0, 0.1) is 6.92 Å². The second kappa shape index (κ2) is 6.96. The van der Waals surface area contributed by atoms with Crippen LogP contribution in [0.1, 0.15) is 29.7 Å². The van der Waals surface area contributed by atoms with Crippen LogP contribution in [-0.2, 0) is 4.79 Å². The van der Waals surface area contributed by atoms with Gasteiger partial charge in [-0.2, -0.15) is 0 Å². The third-order valence-corrected chi connectivity index (χ3v) is 5.88. The lowest BCUT2D eigenvalue weighted by Gasteiger charge is -2.20. The van der Waals surface area contributed by atoms with Crippen LogP contribution in [0.4, 0.5) is 0 Å². The highest BCUT2D eigenvalue weighted by atomic mass is 32.2. The van der Waals surface area contributed by atoms with Crippen LogP contribution in [0.3, 0.4) is 0 Å². The van der Waals surface area contributed by atoms with Crippen molar-refractivity contribution in [1.82, 2.24) is 15.2 Å². The first-order chi connectivity index (χ1) is 12.6. The van der Waals surface area contributed by atoms with Crippen LogP contribution < -0.4 is 5.32 Å². The third kappa shape index (κ3) is 3.12. The summed E-state index contributed by atoms with van der Waals surface area (Å²) in [7, 11) is 0. The number of fused-ring (bicyclic) bond motifs is 1. The molecule has 0 saturated heterocycles. The lowest BCUT2D eigenvalue weighted by molar-refractivity contribution is -0.117.